The molecule has 2 aliphatic carbocycles. The second kappa shape index (κ2) is 14.8. The van der Waals surface area contributed by atoms with Crippen LogP contribution in [0.4, 0.5) is 0 Å². The fourth-order valence-electron chi connectivity index (χ4n) is 6.79. The van der Waals surface area contributed by atoms with E-state index in [9.17, 15) is 5.11 Å². The zero-order valence-corrected chi connectivity index (χ0v) is 26.8. The van der Waals surface area contributed by atoms with Gasteiger partial charge in [-0.05, 0) is 128 Å². The van der Waals surface area contributed by atoms with Gasteiger partial charge in [-0.25, -0.2) is 0 Å². The van der Waals surface area contributed by atoms with E-state index in [1.165, 1.54) is 43.3 Å². The highest BCUT2D eigenvalue weighted by molar-refractivity contribution is 5.14. The van der Waals surface area contributed by atoms with Gasteiger partial charge in [0.1, 0.15) is 0 Å². The van der Waals surface area contributed by atoms with Gasteiger partial charge in [0, 0.05) is 13.2 Å². The van der Waals surface area contributed by atoms with Crippen molar-refractivity contribution in [1.82, 2.24) is 0 Å². The van der Waals surface area contributed by atoms with E-state index in [0.717, 1.165) is 58.2 Å². The van der Waals surface area contributed by atoms with Crippen LogP contribution in [-0.2, 0) is 9.47 Å². The van der Waals surface area contributed by atoms with Crippen LogP contribution in [0.15, 0.2) is 23.8 Å². The Morgan fingerprint density at radius 2 is 1.71 bits per heavy atom. The summed E-state index contributed by atoms with van der Waals surface area (Å²) in [5.41, 5.74) is 2.37. The fraction of sp³-hybridized carbons (Fsp3) is 0.886. The highest BCUT2D eigenvalue weighted by Crippen LogP contribution is 2.57. The fourth-order valence-corrected chi connectivity index (χ4v) is 6.79. The van der Waals surface area contributed by atoms with E-state index in [1.807, 2.05) is 6.92 Å². The van der Waals surface area contributed by atoms with Crippen LogP contribution in [0.3, 0.4) is 0 Å². The third-order valence-corrected chi connectivity index (χ3v) is 9.86. The normalized spacial score (nSPS) is 29.3. The maximum Gasteiger partial charge on any atom is 0.0880 e. The Morgan fingerprint density at radius 1 is 1.05 bits per heavy atom. The average Bonchev–Trinajstić information content (AvgIpc) is 2.81. The molecule has 2 saturated carbocycles. The van der Waals surface area contributed by atoms with Crippen molar-refractivity contribution in [3.05, 3.63) is 23.8 Å². The highest BCUT2D eigenvalue weighted by Gasteiger charge is 2.49. The lowest BCUT2D eigenvalue weighted by molar-refractivity contribution is -0.113. The molecule has 0 radical (unpaired) electrons. The first-order chi connectivity index (χ1) is 17.6. The summed E-state index contributed by atoms with van der Waals surface area (Å²) in [5, 5.41) is 11.3. The Hall–Kier alpha value is -0.640. The monoisotopic (exact) mass is 532 g/mol. The minimum absolute atomic E-state index is 0.0533. The average molecular weight is 533 g/mol. The van der Waals surface area contributed by atoms with E-state index < -0.39 is 5.60 Å². The first-order valence-electron chi connectivity index (χ1n) is 15.9. The predicted molar refractivity (Wildman–Crippen MR) is 163 cm³/mol. The molecule has 0 aromatic heterocycles. The molecule has 2 fully saturated rings. The molecule has 0 spiro atoms. The number of rotatable bonds is 15. The second-order valence-corrected chi connectivity index (χ2v) is 15.0. The Morgan fingerprint density at radius 3 is 2.37 bits per heavy atom. The van der Waals surface area contributed by atoms with Gasteiger partial charge in [0.25, 0.3) is 0 Å². The Kier molecular flexibility index (Phi) is 13.1. The van der Waals surface area contributed by atoms with Gasteiger partial charge >= 0.3 is 0 Å². The molecule has 3 heteroatoms. The molecule has 38 heavy (non-hydrogen) atoms. The SMILES string of the molecule is C=C1CCC(OCCC(C)CCCC(C)(C)OCCC(C)CCC=C(C)C)[C@@](C)(O)CC[C@H]2[C@H]1CC2(C)C. The molecule has 3 nitrogen and oxygen atoms in total. The number of hydrogen-bond donors (Lipinski definition) is 1. The number of aliphatic hydroxyl groups is 1. The molecular formula is C35H64O3. The molecule has 0 saturated heterocycles. The standard InChI is InChI=1S/C35H64O3/c1-26(2)13-11-14-27(3)20-24-38-34(8,9)21-12-15-28(4)19-23-37-32-17-16-29(5)30-25-33(6,7)31(30)18-22-35(32,10)36/h13,27-28,30-32,36H,5,11-12,14-25H2,1-4,6-10H3/t27?,28?,30-,31-,32?,35-/m0/s1. The van der Waals surface area contributed by atoms with Crippen LogP contribution in [0, 0.1) is 29.1 Å². The smallest absolute Gasteiger partial charge is 0.0880 e. The Labute approximate surface area is 237 Å². The van der Waals surface area contributed by atoms with Crippen molar-refractivity contribution in [1.29, 1.82) is 0 Å². The van der Waals surface area contributed by atoms with Gasteiger partial charge in [-0.15, -0.1) is 0 Å². The van der Waals surface area contributed by atoms with E-state index in [4.69, 9.17) is 9.47 Å². The topological polar surface area (TPSA) is 38.7 Å². The van der Waals surface area contributed by atoms with Crippen molar-refractivity contribution in [2.75, 3.05) is 13.2 Å². The molecule has 2 rings (SSSR count). The molecule has 1 N–H and O–H groups in total. The lowest BCUT2D eigenvalue weighted by Gasteiger charge is -2.53. The minimum atomic E-state index is -0.755. The van der Waals surface area contributed by atoms with E-state index in [2.05, 4.69) is 68.0 Å². The molecular weight excluding hydrogens is 468 g/mol. The van der Waals surface area contributed by atoms with Gasteiger partial charge in [0.05, 0.1) is 17.3 Å². The summed E-state index contributed by atoms with van der Waals surface area (Å²) in [4.78, 5) is 0. The van der Waals surface area contributed by atoms with Crippen molar-refractivity contribution in [3.8, 4) is 0 Å². The van der Waals surface area contributed by atoms with Crippen molar-refractivity contribution in [3.63, 3.8) is 0 Å². The van der Waals surface area contributed by atoms with Gasteiger partial charge < -0.3 is 14.6 Å². The molecule has 0 aliphatic heterocycles. The van der Waals surface area contributed by atoms with Crippen LogP contribution in [-0.4, -0.2) is 35.6 Å². The molecule has 6 atom stereocenters. The summed E-state index contributed by atoms with van der Waals surface area (Å²) in [6.07, 6.45) is 15.4. The van der Waals surface area contributed by atoms with Crippen LogP contribution in [0.2, 0.25) is 0 Å². The summed E-state index contributed by atoms with van der Waals surface area (Å²) in [7, 11) is 0. The number of allylic oxidation sites excluding steroid dienone is 3. The lowest BCUT2D eigenvalue weighted by atomic mass is 9.52. The van der Waals surface area contributed by atoms with E-state index in [0.29, 0.717) is 29.1 Å². The van der Waals surface area contributed by atoms with Gasteiger partial charge in [0.15, 0.2) is 0 Å². The summed E-state index contributed by atoms with van der Waals surface area (Å²) >= 11 is 0. The highest BCUT2D eigenvalue weighted by atomic mass is 16.5. The largest absolute Gasteiger partial charge is 0.387 e. The molecule has 0 bridgehead atoms. The van der Waals surface area contributed by atoms with Crippen LogP contribution in [0.1, 0.15) is 139 Å². The van der Waals surface area contributed by atoms with E-state index in [1.54, 1.807) is 0 Å². The number of fused-ring (bicyclic) bond motifs is 1. The molecule has 3 unspecified atom stereocenters. The Balaban J connectivity index is 1.66. The van der Waals surface area contributed by atoms with E-state index in [-0.39, 0.29) is 11.7 Å². The van der Waals surface area contributed by atoms with Crippen molar-refractivity contribution >= 4 is 0 Å². The number of hydrogen-bond acceptors (Lipinski definition) is 3. The molecule has 0 aromatic carbocycles. The molecule has 2 aliphatic rings. The first-order valence-corrected chi connectivity index (χ1v) is 15.9. The van der Waals surface area contributed by atoms with Crippen LogP contribution < -0.4 is 0 Å². The van der Waals surface area contributed by atoms with Gasteiger partial charge in [0.2, 0.25) is 0 Å². The lowest BCUT2D eigenvalue weighted by Crippen LogP contribution is -2.46. The minimum Gasteiger partial charge on any atom is -0.387 e. The van der Waals surface area contributed by atoms with Gasteiger partial charge in [-0.3, -0.25) is 0 Å². The third kappa shape index (κ3) is 11.1. The first kappa shape index (κ1) is 33.6. The second-order valence-electron chi connectivity index (χ2n) is 15.0. The predicted octanol–water partition coefficient (Wildman–Crippen LogP) is 9.68. The zero-order chi connectivity index (χ0) is 28.6. The van der Waals surface area contributed by atoms with Crippen LogP contribution >= 0.6 is 0 Å². The maximum atomic E-state index is 11.3. The van der Waals surface area contributed by atoms with E-state index >= 15 is 0 Å². The van der Waals surface area contributed by atoms with Gasteiger partial charge in [-0.1, -0.05) is 64.3 Å². The van der Waals surface area contributed by atoms with Crippen molar-refractivity contribution in [2.24, 2.45) is 29.1 Å². The molecule has 0 heterocycles. The molecule has 222 valence electrons. The number of ether oxygens (including phenoxy) is 2. The maximum absolute atomic E-state index is 11.3. The molecule has 0 aromatic rings. The quantitative estimate of drug-likeness (QED) is 0.213. The third-order valence-electron chi connectivity index (χ3n) is 9.86. The Bertz CT molecular complexity index is 742. The summed E-state index contributed by atoms with van der Waals surface area (Å²) in [6, 6.07) is 0. The van der Waals surface area contributed by atoms with Gasteiger partial charge in [-0.2, -0.15) is 0 Å². The zero-order valence-electron chi connectivity index (χ0n) is 26.8. The molecule has 0 amide bonds. The summed E-state index contributed by atoms with van der Waals surface area (Å²) in [6.45, 7) is 26.3. The summed E-state index contributed by atoms with van der Waals surface area (Å²) in [5.74, 6) is 2.63. The van der Waals surface area contributed by atoms with Crippen molar-refractivity contribution < 1.29 is 14.6 Å². The van der Waals surface area contributed by atoms with Crippen LogP contribution in [0.25, 0.3) is 0 Å². The summed E-state index contributed by atoms with van der Waals surface area (Å²) < 4.78 is 12.7. The van der Waals surface area contributed by atoms with Crippen molar-refractivity contribution in [2.45, 2.75) is 157 Å². The van der Waals surface area contributed by atoms with Crippen LogP contribution in [0.5, 0.6) is 0 Å².